The van der Waals surface area contributed by atoms with Gasteiger partial charge in [-0.25, -0.2) is 9.59 Å². The summed E-state index contributed by atoms with van der Waals surface area (Å²) in [5.74, 6) is -4.01. The predicted molar refractivity (Wildman–Crippen MR) is 68.0 cm³/mol. The van der Waals surface area contributed by atoms with E-state index in [9.17, 15) is 35.1 Å². The van der Waals surface area contributed by atoms with Gasteiger partial charge >= 0.3 is 11.9 Å². The Balaban J connectivity index is 2.21. The second-order valence-electron chi connectivity index (χ2n) is 5.17. The van der Waals surface area contributed by atoms with Crippen molar-refractivity contribution in [3.63, 3.8) is 0 Å². The number of ether oxygens (including phenoxy) is 3. The fourth-order valence-electron chi connectivity index (χ4n) is 2.23. The third-order valence-corrected chi connectivity index (χ3v) is 3.50. The molecule has 0 spiro atoms. The van der Waals surface area contributed by atoms with E-state index in [1.54, 1.807) is 0 Å². The molecule has 0 unspecified atom stereocenters. The van der Waals surface area contributed by atoms with Crippen LogP contribution in [0.2, 0.25) is 0 Å². The maximum atomic E-state index is 11.2. The average molecular weight is 352 g/mol. The highest BCUT2D eigenvalue weighted by atomic mass is 16.7. The largest absolute Gasteiger partial charge is 0.479 e. The highest BCUT2D eigenvalue weighted by Crippen LogP contribution is 2.27. The molecule has 24 heavy (non-hydrogen) atoms. The number of hydrogen-bond acceptors (Lipinski definition) is 10. The molecule has 8 atom stereocenters. The van der Waals surface area contributed by atoms with Gasteiger partial charge in [0.05, 0.1) is 0 Å². The van der Waals surface area contributed by atoms with Crippen LogP contribution in [0.4, 0.5) is 0 Å². The summed E-state index contributed by atoms with van der Waals surface area (Å²) in [6.45, 7) is 0. The van der Waals surface area contributed by atoms with Crippen LogP contribution in [0.1, 0.15) is 0 Å². The van der Waals surface area contributed by atoms with Crippen molar-refractivity contribution in [3.05, 3.63) is 11.8 Å². The molecular formula is C12H16O12. The molecule has 1 saturated heterocycles. The maximum Gasteiger partial charge on any atom is 0.371 e. The Bertz CT molecular complexity index is 532. The molecule has 136 valence electrons. The van der Waals surface area contributed by atoms with Gasteiger partial charge in [-0.05, 0) is 6.08 Å². The Morgan fingerprint density at radius 1 is 1.00 bits per heavy atom. The number of carboxylic acids is 2. The van der Waals surface area contributed by atoms with E-state index in [4.69, 9.17) is 19.7 Å². The van der Waals surface area contributed by atoms with Gasteiger partial charge in [-0.3, -0.25) is 0 Å². The number of carbonyl (C=O) groups is 2. The van der Waals surface area contributed by atoms with Gasteiger partial charge in [0.15, 0.2) is 12.4 Å². The van der Waals surface area contributed by atoms with Crippen LogP contribution in [0.25, 0.3) is 0 Å². The quantitative estimate of drug-likeness (QED) is 0.258. The fourth-order valence-corrected chi connectivity index (χ4v) is 2.23. The van der Waals surface area contributed by atoms with Crippen molar-refractivity contribution in [2.75, 3.05) is 0 Å². The lowest BCUT2D eigenvalue weighted by Crippen LogP contribution is -2.62. The minimum atomic E-state index is -2.00. The van der Waals surface area contributed by atoms with Gasteiger partial charge in [0.1, 0.15) is 30.5 Å². The van der Waals surface area contributed by atoms with Crippen molar-refractivity contribution in [3.8, 4) is 0 Å². The van der Waals surface area contributed by atoms with Gasteiger partial charge in [0.25, 0.3) is 0 Å². The smallest absolute Gasteiger partial charge is 0.371 e. The van der Waals surface area contributed by atoms with Crippen LogP contribution < -0.4 is 0 Å². The third-order valence-electron chi connectivity index (χ3n) is 3.50. The minimum absolute atomic E-state index is 0.702. The Morgan fingerprint density at radius 2 is 1.62 bits per heavy atom. The Morgan fingerprint density at radius 3 is 2.17 bits per heavy atom. The van der Waals surface area contributed by atoms with Crippen molar-refractivity contribution in [2.45, 2.75) is 49.2 Å². The monoisotopic (exact) mass is 352 g/mol. The van der Waals surface area contributed by atoms with Crippen LogP contribution in [0.3, 0.4) is 0 Å². The Kier molecular flexibility index (Phi) is 5.39. The molecule has 0 radical (unpaired) electrons. The van der Waals surface area contributed by atoms with E-state index in [1.165, 1.54) is 0 Å². The molecule has 12 nitrogen and oxygen atoms in total. The molecule has 2 aliphatic heterocycles. The zero-order chi connectivity index (χ0) is 18.2. The van der Waals surface area contributed by atoms with Crippen molar-refractivity contribution < 1.29 is 59.5 Å². The predicted octanol–water partition coefficient (Wildman–Crippen LogP) is -4.06. The minimum Gasteiger partial charge on any atom is -0.479 e. The summed E-state index contributed by atoms with van der Waals surface area (Å²) in [5.41, 5.74) is 0. The summed E-state index contributed by atoms with van der Waals surface area (Å²) in [6.07, 6.45) is -14.3. The summed E-state index contributed by atoms with van der Waals surface area (Å²) in [6, 6.07) is 0. The van der Waals surface area contributed by atoms with Crippen molar-refractivity contribution >= 4 is 11.9 Å². The summed E-state index contributed by atoms with van der Waals surface area (Å²) >= 11 is 0. The van der Waals surface area contributed by atoms with Crippen molar-refractivity contribution in [1.82, 2.24) is 0 Å². The molecule has 0 bridgehead atoms. The van der Waals surface area contributed by atoms with E-state index in [1.807, 2.05) is 0 Å². The molecule has 0 aliphatic carbocycles. The van der Waals surface area contributed by atoms with Crippen LogP contribution in [-0.4, -0.2) is 96.9 Å². The second kappa shape index (κ2) is 6.98. The topological polar surface area (TPSA) is 203 Å². The zero-order valence-corrected chi connectivity index (χ0v) is 11.9. The molecule has 2 rings (SSSR count). The molecular weight excluding hydrogens is 336 g/mol. The molecule has 0 saturated carbocycles. The normalized spacial score (nSPS) is 42.8. The SMILES string of the molecule is O=C(O)C1=C[C@H](O)[C@H](O)[C@H](O[C@H]2[C@H](O)[C@H](O)[C@H](O)O[C@H]2C(=O)O)O1. The van der Waals surface area contributed by atoms with Gasteiger partial charge in [-0.2, -0.15) is 0 Å². The van der Waals surface area contributed by atoms with Crippen LogP contribution in [-0.2, 0) is 23.8 Å². The summed E-state index contributed by atoms with van der Waals surface area (Å²) < 4.78 is 14.4. The van der Waals surface area contributed by atoms with Crippen LogP contribution in [0, 0.1) is 0 Å². The van der Waals surface area contributed by atoms with E-state index in [0.29, 0.717) is 6.08 Å². The molecule has 12 heteroatoms. The highest BCUT2D eigenvalue weighted by Gasteiger charge is 2.50. The first-order valence-corrected chi connectivity index (χ1v) is 6.69. The Labute approximate surface area is 133 Å². The van der Waals surface area contributed by atoms with Gasteiger partial charge in [-0.1, -0.05) is 0 Å². The van der Waals surface area contributed by atoms with Crippen molar-refractivity contribution in [2.24, 2.45) is 0 Å². The number of rotatable bonds is 4. The number of aliphatic carboxylic acids is 2. The molecule has 2 heterocycles. The number of aliphatic hydroxyl groups is 5. The molecule has 0 aromatic carbocycles. The average Bonchev–Trinajstić information content (AvgIpc) is 2.51. The maximum absolute atomic E-state index is 11.2. The van der Waals surface area contributed by atoms with Crippen LogP contribution in [0.5, 0.6) is 0 Å². The van der Waals surface area contributed by atoms with Crippen LogP contribution >= 0.6 is 0 Å². The molecule has 0 aromatic rings. The number of carboxylic acid groups (broad SMARTS) is 2. The van der Waals surface area contributed by atoms with Gasteiger partial charge in [0.2, 0.25) is 12.0 Å². The van der Waals surface area contributed by atoms with E-state index in [2.05, 4.69) is 4.74 Å². The molecule has 0 aromatic heterocycles. The number of aliphatic hydroxyl groups excluding tert-OH is 5. The lowest BCUT2D eigenvalue weighted by molar-refractivity contribution is -0.319. The fraction of sp³-hybridized carbons (Fsp3) is 0.667. The lowest BCUT2D eigenvalue weighted by Gasteiger charge is -2.41. The van der Waals surface area contributed by atoms with E-state index in [-0.39, 0.29) is 0 Å². The first-order chi connectivity index (χ1) is 11.1. The van der Waals surface area contributed by atoms with Crippen molar-refractivity contribution in [1.29, 1.82) is 0 Å². The second-order valence-corrected chi connectivity index (χ2v) is 5.17. The van der Waals surface area contributed by atoms with Gasteiger partial charge < -0.3 is 50.0 Å². The molecule has 2 aliphatic rings. The zero-order valence-electron chi connectivity index (χ0n) is 11.9. The third kappa shape index (κ3) is 3.49. The molecule has 7 N–H and O–H groups in total. The van der Waals surface area contributed by atoms with Gasteiger partial charge in [-0.15, -0.1) is 0 Å². The lowest BCUT2D eigenvalue weighted by atomic mass is 9.98. The highest BCUT2D eigenvalue weighted by molar-refractivity contribution is 5.84. The first kappa shape index (κ1) is 18.5. The van der Waals surface area contributed by atoms with E-state index in [0.717, 1.165) is 0 Å². The van der Waals surface area contributed by atoms with Crippen LogP contribution in [0.15, 0.2) is 11.8 Å². The van der Waals surface area contributed by atoms with E-state index >= 15 is 0 Å². The molecule has 0 amide bonds. The first-order valence-electron chi connectivity index (χ1n) is 6.69. The standard InChI is InChI=1S/C12H16O12/c13-2-1-3(9(17)18)22-12(4(2)14)24-7-5(15)6(16)11(21)23-8(7)10(19)20/h1-2,4-8,11-16,21H,(H,17,18)(H,19,20)/t2-,4-,5+,6-,7-,8+,11+,12-/m0/s1. The molecule has 1 fully saturated rings. The summed E-state index contributed by atoms with van der Waals surface area (Å²) in [5, 5.41) is 66.0. The Hall–Kier alpha value is -1.80. The van der Waals surface area contributed by atoms with E-state index < -0.39 is 66.9 Å². The number of hydrogen-bond donors (Lipinski definition) is 7. The summed E-state index contributed by atoms with van der Waals surface area (Å²) in [4.78, 5) is 22.0. The van der Waals surface area contributed by atoms with Gasteiger partial charge in [0, 0.05) is 0 Å². The summed E-state index contributed by atoms with van der Waals surface area (Å²) in [7, 11) is 0.